The third kappa shape index (κ3) is 3.17. The molecule has 2 fully saturated rings. The number of rotatable bonds is 2. The number of piperazine rings is 1. The summed E-state index contributed by atoms with van der Waals surface area (Å²) in [5.74, 6) is -0.183. The zero-order valence-electron chi connectivity index (χ0n) is 12.9. The fourth-order valence-corrected chi connectivity index (χ4v) is 4.14. The standard InChI is InChI=1S/C17H24BrFN2/c1-16(2)11-20-17(7-3-4-8-17)12-21(16)10-13-5-6-14(19)9-15(13)18/h5-6,9,20H,3-4,7-8,10-12H2,1-2H3. The summed E-state index contributed by atoms with van der Waals surface area (Å²) < 4.78 is 14.1. The van der Waals surface area contributed by atoms with Gasteiger partial charge in [-0.3, -0.25) is 4.90 Å². The van der Waals surface area contributed by atoms with E-state index in [0.717, 1.165) is 24.1 Å². The van der Waals surface area contributed by atoms with Gasteiger partial charge in [-0.15, -0.1) is 0 Å². The number of nitrogens with zero attached hydrogens (tertiary/aromatic N) is 1. The molecule has 4 heteroatoms. The zero-order chi connectivity index (χ0) is 15.1. The first-order valence-electron chi connectivity index (χ1n) is 7.84. The van der Waals surface area contributed by atoms with Gasteiger partial charge >= 0.3 is 0 Å². The highest BCUT2D eigenvalue weighted by atomic mass is 79.9. The van der Waals surface area contributed by atoms with Crippen molar-refractivity contribution in [3.05, 3.63) is 34.1 Å². The van der Waals surface area contributed by atoms with Crippen LogP contribution >= 0.6 is 15.9 Å². The molecule has 0 aromatic heterocycles. The number of benzene rings is 1. The van der Waals surface area contributed by atoms with E-state index in [1.165, 1.54) is 31.2 Å². The lowest BCUT2D eigenvalue weighted by Gasteiger charge is -2.51. The molecular formula is C17H24BrFN2. The summed E-state index contributed by atoms with van der Waals surface area (Å²) in [6.45, 7) is 7.56. The average molecular weight is 355 g/mol. The lowest BCUT2D eigenvalue weighted by Crippen LogP contribution is -2.66. The monoisotopic (exact) mass is 354 g/mol. The van der Waals surface area contributed by atoms with Crippen LogP contribution in [0.3, 0.4) is 0 Å². The van der Waals surface area contributed by atoms with Gasteiger partial charge in [-0.25, -0.2) is 4.39 Å². The maximum Gasteiger partial charge on any atom is 0.124 e. The van der Waals surface area contributed by atoms with Crippen molar-refractivity contribution in [3.8, 4) is 0 Å². The van der Waals surface area contributed by atoms with Crippen molar-refractivity contribution in [1.29, 1.82) is 0 Å². The Balaban J connectivity index is 1.80. The fraction of sp³-hybridized carbons (Fsp3) is 0.647. The van der Waals surface area contributed by atoms with E-state index in [9.17, 15) is 4.39 Å². The van der Waals surface area contributed by atoms with Crippen molar-refractivity contribution in [1.82, 2.24) is 10.2 Å². The molecule has 1 spiro atoms. The molecule has 1 saturated carbocycles. The van der Waals surface area contributed by atoms with Crippen LogP contribution in [0.1, 0.15) is 45.1 Å². The maximum absolute atomic E-state index is 13.3. The molecule has 21 heavy (non-hydrogen) atoms. The van der Waals surface area contributed by atoms with Gasteiger partial charge in [0.15, 0.2) is 0 Å². The topological polar surface area (TPSA) is 15.3 Å². The van der Waals surface area contributed by atoms with Crippen molar-refractivity contribution in [2.45, 2.75) is 57.2 Å². The number of hydrogen-bond donors (Lipinski definition) is 1. The SMILES string of the molecule is CC1(C)CNC2(CCCC2)CN1Cc1ccc(F)cc1Br. The molecule has 2 nitrogen and oxygen atoms in total. The maximum atomic E-state index is 13.3. The molecule has 1 saturated heterocycles. The fourth-order valence-electron chi connectivity index (χ4n) is 3.66. The molecule has 3 rings (SSSR count). The molecule has 0 radical (unpaired) electrons. The lowest BCUT2D eigenvalue weighted by atomic mass is 9.87. The van der Waals surface area contributed by atoms with Gasteiger partial charge in [-0.2, -0.15) is 0 Å². The number of nitrogens with one attached hydrogen (secondary N) is 1. The van der Waals surface area contributed by atoms with Crippen molar-refractivity contribution >= 4 is 15.9 Å². The molecule has 1 aromatic rings. The van der Waals surface area contributed by atoms with E-state index in [1.807, 2.05) is 6.07 Å². The lowest BCUT2D eigenvalue weighted by molar-refractivity contribution is 0.0215. The molecule has 2 aliphatic rings. The molecule has 116 valence electrons. The number of hydrogen-bond acceptors (Lipinski definition) is 2. The van der Waals surface area contributed by atoms with Crippen LogP contribution < -0.4 is 5.32 Å². The second kappa shape index (κ2) is 5.64. The van der Waals surface area contributed by atoms with E-state index < -0.39 is 0 Å². The van der Waals surface area contributed by atoms with Crippen LogP contribution in [0.2, 0.25) is 0 Å². The van der Waals surface area contributed by atoms with Gasteiger partial charge in [0.2, 0.25) is 0 Å². The minimum Gasteiger partial charge on any atom is -0.308 e. The first-order chi connectivity index (χ1) is 9.90. The van der Waals surface area contributed by atoms with Crippen LogP contribution in [0, 0.1) is 5.82 Å². The summed E-state index contributed by atoms with van der Waals surface area (Å²) in [5.41, 5.74) is 1.60. The molecule has 0 unspecified atom stereocenters. The van der Waals surface area contributed by atoms with Crippen molar-refractivity contribution in [2.24, 2.45) is 0 Å². The Bertz CT molecular complexity index is 524. The molecule has 0 amide bonds. The highest BCUT2D eigenvalue weighted by molar-refractivity contribution is 9.10. The predicted octanol–water partition coefficient (Wildman–Crippen LogP) is 4.08. The van der Waals surface area contributed by atoms with Crippen LogP contribution in [0.15, 0.2) is 22.7 Å². The van der Waals surface area contributed by atoms with Gasteiger partial charge in [0.25, 0.3) is 0 Å². The minimum absolute atomic E-state index is 0.127. The summed E-state index contributed by atoms with van der Waals surface area (Å²) in [7, 11) is 0. The van der Waals surface area contributed by atoms with E-state index in [1.54, 1.807) is 12.1 Å². The largest absolute Gasteiger partial charge is 0.308 e. The smallest absolute Gasteiger partial charge is 0.124 e. The Labute approximate surface area is 135 Å². The molecular weight excluding hydrogens is 331 g/mol. The van der Waals surface area contributed by atoms with E-state index >= 15 is 0 Å². The quantitative estimate of drug-likeness (QED) is 0.860. The van der Waals surface area contributed by atoms with Crippen molar-refractivity contribution < 1.29 is 4.39 Å². The van der Waals surface area contributed by atoms with Crippen LogP contribution in [-0.4, -0.2) is 29.1 Å². The molecule has 1 aliphatic heterocycles. The first-order valence-corrected chi connectivity index (χ1v) is 8.64. The second-order valence-electron chi connectivity index (χ2n) is 7.25. The molecule has 1 N–H and O–H groups in total. The Morgan fingerprint density at radius 3 is 2.67 bits per heavy atom. The van der Waals surface area contributed by atoms with Crippen LogP contribution in [0.4, 0.5) is 4.39 Å². The summed E-state index contributed by atoms with van der Waals surface area (Å²) >= 11 is 3.50. The van der Waals surface area contributed by atoms with E-state index in [0.29, 0.717) is 5.54 Å². The Hall–Kier alpha value is -0.450. The van der Waals surface area contributed by atoms with E-state index in [4.69, 9.17) is 0 Å². The molecule has 1 heterocycles. The van der Waals surface area contributed by atoms with Gasteiger partial charge in [0, 0.05) is 35.2 Å². The van der Waals surface area contributed by atoms with Crippen molar-refractivity contribution in [2.75, 3.05) is 13.1 Å². The molecule has 1 aromatic carbocycles. The van der Waals surface area contributed by atoms with Gasteiger partial charge in [-0.1, -0.05) is 34.8 Å². The van der Waals surface area contributed by atoms with E-state index in [2.05, 4.69) is 40.0 Å². The zero-order valence-corrected chi connectivity index (χ0v) is 14.5. The van der Waals surface area contributed by atoms with Gasteiger partial charge in [0.1, 0.15) is 5.82 Å². The van der Waals surface area contributed by atoms with Gasteiger partial charge in [0.05, 0.1) is 0 Å². The van der Waals surface area contributed by atoms with E-state index in [-0.39, 0.29) is 11.4 Å². The van der Waals surface area contributed by atoms with Crippen LogP contribution in [0.5, 0.6) is 0 Å². The highest BCUT2D eigenvalue weighted by Gasteiger charge is 2.44. The van der Waals surface area contributed by atoms with Crippen molar-refractivity contribution in [3.63, 3.8) is 0 Å². The first kappa shape index (κ1) is 15.4. The Morgan fingerprint density at radius 2 is 2.00 bits per heavy atom. The summed E-state index contributed by atoms with van der Waals surface area (Å²) in [5, 5.41) is 3.81. The highest BCUT2D eigenvalue weighted by Crippen LogP contribution is 2.36. The second-order valence-corrected chi connectivity index (χ2v) is 8.10. The van der Waals surface area contributed by atoms with Gasteiger partial charge in [-0.05, 0) is 44.4 Å². The molecule has 1 aliphatic carbocycles. The summed E-state index contributed by atoms with van der Waals surface area (Å²) in [6, 6.07) is 5.02. The molecule has 0 bridgehead atoms. The Kier molecular flexibility index (Phi) is 4.15. The van der Waals surface area contributed by atoms with Crippen LogP contribution in [0.25, 0.3) is 0 Å². The summed E-state index contributed by atoms with van der Waals surface area (Å²) in [6.07, 6.45) is 5.23. The third-order valence-electron chi connectivity index (χ3n) is 5.18. The summed E-state index contributed by atoms with van der Waals surface area (Å²) in [4.78, 5) is 2.56. The van der Waals surface area contributed by atoms with Gasteiger partial charge < -0.3 is 5.32 Å². The predicted molar refractivity (Wildman–Crippen MR) is 87.8 cm³/mol. The average Bonchev–Trinajstić information content (AvgIpc) is 2.86. The third-order valence-corrected chi connectivity index (χ3v) is 5.92. The normalized spacial score (nSPS) is 24.6. The Morgan fingerprint density at radius 1 is 1.29 bits per heavy atom. The minimum atomic E-state index is -0.183. The number of halogens is 2. The van der Waals surface area contributed by atoms with Crippen LogP contribution in [-0.2, 0) is 6.54 Å². The molecule has 0 atom stereocenters.